The summed E-state index contributed by atoms with van der Waals surface area (Å²) in [5.41, 5.74) is 1.02. The molecule has 0 atom stereocenters. The Morgan fingerprint density at radius 3 is 2.55 bits per heavy atom. The molecule has 1 aromatic carbocycles. The zero-order valence-corrected chi connectivity index (χ0v) is 11.4. The topological polar surface area (TPSA) is 63.5 Å². The van der Waals surface area contributed by atoms with E-state index in [0.717, 1.165) is 17.1 Å². The van der Waals surface area contributed by atoms with Gasteiger partial charge < -0.3 is 19.8 Å². The number of nitrogens with one attached hydrogen (secondary N) is 2. The second-order valence-corrected chi connectivity index (χ2v) is 4.19. The standard InChI is InChI=1S/C15H18N2O3/c1-2-19-13-7-5-12(6-8-13)10-16-15(18)17-11-14-4-3-9-20-14/h3-9H,2,10-11H2,1H3,(H2,16,17,18). The van der Waals surface area contributed by atoms with Gasteiger partial charge >= 0.3 is 6.03 Å². The number of carbonyl (C=O) groups excluding carboxylic acids is 1. The summed E-state index contributed by atoms with van der Waals surface area (Å²) in [4.78, 5) is 11.6. The van der Waals surface area contributed by atoms with Crippen LogP contribution in [0.2, 0.25) is 0 Å². The van der Waals surface area contributed by atoms with Crippen molar-refractivity contribution in [2.75, 3.05) is 6.61 Å². The smallest absolute Gasteiger partial charge is 0.315 e. The molecule has 2 N–H and O–H groups in total. The lowest BCUT2D eigenvalue weighted by Gasteiger charge is -2.07. The van der Waals surface area contributed by atoms with Crippen molar-refractivity contribution < 1.29 is 13.9 Å². The number of ether oxygens (including phenoxy) is 1. The van der Waals surface area contributed by atoms with Crippen LogP contribution in [0.3, 0.4) is 0 Å². The monoisotopic (exact) mass is 274 g/mol. The second-order valence-electron chi connectivity index (χ2n) is 4.19. The number of benzene rings is 1. The Labute approximate surface area is 117 Å². The molecule has 0 radical (unpaired) electrons. The molecule has 5 heteroatoms. The van der Waals surface area contributed by atoms with E-state index in [1.165, 1.54) is 0 Å². The van der Waals surface area contributed by atoms with Gasteiger partial charge in [0.25, 0.3) is 0 Å². The van der Waals surface area contributed by atoms with Gasteiger partial charge in [-0.1, -0.05) is 12.1 Å². The van der Waals surface area contributed by atoms with Crippen molar-refractivity contribution in [2.24, 2.45) is 0 Å². The summed E-state index contributed by atoms with van der Waals surface area (Å²) in [6, 6.07) is 11.0. The Balaban J connectivity index is 1.72. The van der Waals surface area contributed by atoms with Crippen LogP contribution in [0.1, 0.15) is 18.2 Å². The van der Waals surface area contributed by atoms with Crippen LogP contribution >= 0.6 is 0 Å². The summed E-state index contributed by atoms with van der Waals surface area (Å²) in [5.74, 6) is 1.56. The summed E-state index contributed by atoms with van der Waals surface area (Å²) in [6.07, 6.45) is 1.58. The molecule has 1 aromatic heterocycles. The minimum Gasteiger partial charge on any atom is -0.494 e. The zero-order valence-electron chi connectivity index (χ0n) is 11.4. The zero-order chi connectivity index (χ0) is 14.2. The maximum Gasteiger partial charge on any atom is 0.315 e. The van der Waals surface area contributed by atoms with Gasteiger partial charge in [-0.3, -0.25) is 0 Å². The van der Waals surface area contributed by atoms with E-state index < -0.39 is 0 Å². The summed E-state index contributed by atoms with van der Waals surface area (Å²) in [6.45, 7) is 3.43. The van der Waals surface area contributed by atoms with Gasteiger partial charge in [-0.15, -0.1) is 0 Å². The first kappa shape index (κ1) is 14.0. The predicted molar refractivity (Wildman–Crippen MR) is 75.4 cm³/mol. The van der Waals surface area contributed by atoms with Crippen LogP contribution in [-0.4, -0.2) is 12.6 Å². The molecule has 0 aliphatic carbocycles. The first-order valence-electron chi connectivity index (χ1n) is 6.53. The molecule has 5 nitrogen and oxygen atoms in total. The quantitative estimate of drug-likeness (QED) is 0.851. The molecule has 0 bridgehead atoms. The van der Waals surface area contributed by atoms with Crippen LogP contribution in [0, 0.1) is 0 Å². The number of carbonyl (C=O) groups is 1. The van der Waals surface area contributed by atoms with Crippen molar-refractivity contribution in [3.8, 4) is 5.75 Å². The molecule has 0 fully saturated rings. The second kappa shape index (κ2) is 7.23. The highest BCUT2D eigenvalue weighted by Gasteiger charge is 2.02. The minimum atomic E-state index is -0.227. The van der Waals surface area contributed by atoms with Gasteiger partial charge in [-0.25, -0.2) is 4.79 Å². The molecule has 106 valence electrons. The molecule has 2 rings (SSSR count). The highest BCUT2D eigenvalue weighted by Crippen LogP contribution is 2.11. The summed E-state index contributed by atoms with van der Waals surface area (Å²) >= 11 is 0. The van der Waals surface area contributed by atoms with Gasteiger partial charge in [0.2, 0.25) is 0 Å². The maximum atomic E-state index is 11.6. The Hall–Kier alpha value is -2.43. The number of furan rings is 1. The fourth-order valence-electron chi connectivity index (χ4n) is 1.70. The minimum absolute atomic E-state index is 0.227. The van der Waals surface area contributed by atoms with Crippen molar-refractivity contribution in [3.63, 3.8) is 0 Å². The van der Waals surface area contributed by atoms with Gasteiger partial charge in [0.15, 0.2) is 0 Å². The Morgan fingerprint density at radius 1 is 1.15 bits per heavy atom. The van der Waals surface area contributed by atoms with E-state index in [9.17, 15) is 4.79 Å². The molecule has 0 aliphatic heterocycles. The molecule has 0 spiro atoms. The van der Waals surface area contributed by atoms with Crippen LogP contribution in [-0.2, 0) is 13.1 Å². The van der Waals surface area contributed by atoms with Crippen LogP contribution < -0.4 is 15.4 Å². The normalized spacial score (nSPS) is 10.1. The number of hydrogen-bond donors (Lipinski definition) is 2. The van der Waals surface area contributed by atoms with Gasteiger partial charge in [0, 0.05) is 6.54 Å². The molecular weight excluding hydrogens is 256 g/mol. The molecule has 0 unspecified atom stereocenters. The van der Waals surface area contributed by atoms with Gasteiger partial charge in [0.05, 0.1) is 19.4 Å². The lowest BCUT2D eigenvalue weighted by Crippen LogP contribution is -2.34. The molecule has 0 saturated heterocycles. The first-order chi connectivity index (χ1) is 9.78. The molecule has 2 aromatic rings. The van der Waals surface area contributed by atoms with Gasteiger partial charge in [-0.05, 0) is 36.8 Å². The van der Waals surface area contributed by atoms with Crippen LogP contribution in [0.15, 0.2) is 47.1 Å². The fraction of sp³-hybridized carbons (Fsp3) is 0.267. The van der Waals surface area contributed by atoms with Crippen molar-refractivity contribution in [2.45, 2.75) is 20.0 Å². The predicted octanol–water partition coefficient (Wildman–Crippen LogP) is 2.68. The van der Waals surface area contributed by atoms with Crippen molar-refractivity contribution in [1.82, 2.24) is 10.6 Å². The summed E-state index contributed by atoms with van der Waals surface area (Å²) in [7, 11) is 0. The lowest BCUT2D eigenvalue weighted by molar-refractivity contribution is 0.239. The van der Waals surface area contributed by atoms with Crippen LogP contribution in [0.4, 0.5) is 4.79 Å². The number of hydrogen-bond acceptors (Lipinski definition) is 3. The van der Waals surface area contributed by atoms with E-state index in [2.05, 4.69) is 10.6 Å². The van der Waals surface area contributed by atoms with E-state index in [1.807, 2.05) is 37.3 Å². The van der Waals surface area contributed by atoms with Crippen molar-refractivity contribution >= 4 is 6.03 Å². The van der Waals surface area contributed by atoms with Crippen molar-refractivity contribution in [3.05, 3.63) is 54.0 Å². The number of urea groups is 1. The number of rotatable bonds is 6. The Morgan fingerprint density at radius 2 is 1.90 bits per heavy atom. The Kier molecular flexibility index (Phi) is 5.06. The highest BCUT2D eigenvalue weighted by atomic mass is 16.5. The number of amides is 2. The SMILES string of the molecule is CCOc1ccc(CNC(=O)NCc2ccco2)cc1. The Bertz CT molecular complexity index is 521. The van der Waals surface area contributed by atoms with Crippen LogP contribution in [0.5, 0.6) is 5.75 Å². The summed E-state index contributed by atoms with van der Waals surface area (Å²) < 4.78 is 10.5. The average molecular weight is 274 g/mol. The lowest BCUT2D eigenvalue weighted by atomic mass is 10.2. The van der Waals surface area contributed by atoms with Crippen LogP contribution in [0.25, 0.3) is 0 Å². The van der Waals surface area contributed by atoms with E-state index in [4.69, 9.17) is 9.15 Å². The fourth-order valence-corrected chi connectivity index (χ4v) is 1.70. The first-order valence-corrected chi connectivity index (χ1v) is 6.53. The van der Waals surface area contributed by atoms with E-state index >= 15 is 0 Å². The molecule has 20 heavy (non-hydrogen) atoms. The highest BCUT2D eigenvalue weighted by molar-refractivity contribution is 5.73. The summed E-state index contributed by atoms with van der Waals surface area (Å²) in [5, 5.41) is 5.50. The molecule has 0 aliphatic rings. The average Bonchev–Trinajstić information content (AvgIpc) is 2.98. The van der Waals surface area contributed by atoms with Gasteiger partial charge in [0.1, 0.15) is 11.5 Å². The molecule has 0 saturated carbocycles. The third-order valence-corrected chi connectivity index (χ3v) is 2.69. The van der Waals surface area contributed by atoms with E-state index in [0.29, 0.717) is 19.7 Å². The third-order valence-electron chi connectivity index (χ3n) is 2.69. The third kappa shape index (κ3) is 4.35. The molecular formula is C15H18N2O3. The van der Waals surface area contributed by atoms with Gasteiger partial charge in [-0.2, -0.15) is 0 Å². The largest absolute Gasteiger partial charge is 0.494 e. The molecule has 1 heterocycles. The van der Waals surface area contributed by atoms with E-state index in [-0.39, 0.29) is 6.03 Å². The molecule has 2 amide bonds. The maximum absolute atomic E-state index is 11.6. The van der Waals surface area contributed by atoms with Crippen molar-refractivity contribution in [1.29, 1.82) is 0 Å². The van der Waals surface area contributed by atoms with E-state index in [1.54, 1.807) is 12.3 Å².